The van der Waals surface area contributed by atoms with Crippen LogP contribution >= 0.6 is 23.2 Å². The monoisotopic (exact) mass is 590 g/mol. The van der Waals surface area contributed by atoms with Crippen LogP contribution in [0, 0.1) is 0 Å². The van der Waals surface area contributed by atoms with Gasteiger partial charge in [-0.1, -0.05) is 53.5 Å². The summed E-state index contributed by atoms with van der Waals surface area (Å²) in [5.41, 5.74) is 1.55. The summed E-state index contributed by atoms with van der Waals surface area (Å²) in [6.07, 6.45) is 2.31. The zero-order chi connectivity index (χ0) is 29.1. The number of imide groups is 1. The first-order chi connectivity index (χ1) is 19.7. The fraction of sp³-hybridized carbons (Fsp3) is 0.138. The van der Waals surface area contributed by atoms with Crippen molar-refractivity contribution in [3.8, 4) is 11.3 Å². The lowest BCUT2D eigenvalue weighted by Gasteiger charge is -2.30. The van der Waals surface area contributed by atoms with Crippen LogP contribution in [0.25, 0.3) is 22.2 Å². The van der Waals surface area contributed by atoms with Gasteiger partial charge in [-0.2, -0.15) is 0 Å². The van der Waals surface area contributed by atoms with Crippen molar-refractivity contribution in [1.82, 2.24) is 24.8 Å². The summed E-state index contributed by atoms with van der Waals surface area (Å²) in [5, 5.41) is 18.5. The van der Waals surface area contributed by atoms with Crippen molar-refractivity contribution in [2.75, 3.05) is 11.9 Å². The molecule has 12 heteroatoms. The second kappa shape index (κ2) is 11.5. The molecule has 0 aliphatic heterocycles. The standard InChI is InChI=1S/C29H24Cl2N6O4/c1-3-41-28(39)36-27(38)35-26-33-23-12-9-19(14-22(23)25(34-26)17-5-4-6-21(31)13-17)29(40,24-15-32-16-37(24)2)18-7-10-20(30)11-8-18/h4-16,40H,3H2,1-2H3,(H2,33,34,35,36,38,39). The van der Waals surface area contributed by atoms with Gasteiger partial charge in [-0.3, -0.25) is 5.32 Å². The lowest BCUT2D eigenvalue weighted by Crippen LogP contribution is -2.35. The minimum Gasteiger partial charge on any atom is -0.450 e. The van der Waals surface area contributed by atoms with E-state index in [0.29, 0.717) is 49.0 Å². The molecule has 0 radical (unpaired) electrons. The molecule has 10 nitrogen and oxygen atoms in total. The number of aromatic nitrogens is 4. The number of alkyl carbamates (subject to hydrolysis) is 1. The van der Waals surface area contributed by atoms with Crippen LogP contribution in [-0.2, 0) is 17.4 Å². The van der Waals surface area contributed by atoms with Gasteiger partial charge in [-0.15, -0.1) is 0 Å². The van der Waals surface area contributed by atoms with Crippen molar-refractivity contribution < 1.29 is 19.4 Å². The van der Waals surface area contributed by atoms with Crippen LogP contribution in [0.4, 0.5) is 15.5 Å². The Hall–Kier alpha value is -4.51. The maximum absolute atomic E-state index is 12.4. The topological polar surface area (TPSA) is 131 Å². The van der Waals surface area contributed by atoms with E-state index < -0.39 is 17.7 Å². The van der Waals surface area contributed by atoms with E-state index in [1.165, 1.54) is 0 Å². The van der Waals surface area contributed by atoms with Crippen LogP contribution in [0.1, 0.15) is 23.7 Å². The fourth-order valence-corrected chi connectivity index (χ4v) is 4.83. The van der Waals surface area contributed by atoms with Gasteiger partial charge in [0.05, 0.1) is 36.0 Å². The van der Waals surface area contributed by atoms with Crippen molar-refractivity contribution in [3.63, 3.8) is 0 Å². The number of carbonyl (C=O) groups excluding carboxylic acids is 2. The molecular weight excluding hydrogens is 567 g/mol. The maximum Gasteiger partial charge on any atom is 0.415 e. The SMILES string of the molecule is CCOC(=O)NC(=O)Nc1nc(-c2cccc(Cl)c2)c2cc(C(O)(c3ccc(Cl)cc3)c3cncn3C)ccc2n1. The minimum absolute atomic E-state index is 0.0541. The summed E-state index contributed by atoms with van der Waals surface area (Å²) in [7, 11) is 1.80. The summed E-state index contributed by atoms with van der Waals surface area (Å²) < 4.78 is 6.49. The molecule has 2 heterocycles. The predicted molar refractivity (Wildman–Crippen MR) is 156 cm³/mol. The minimum atomic E-state index is -1.62. The Bertz CT molecular complexity index is 1760. The van der Waals surface area contributed by atoms with Gasteiger partial charge in [-0.25, -0.2) is 29.9 Å². The zero-order valence-corrected chi connectivity index (χ0v) is 23.4. The van der Waals surface area contributed by atoms with Crippen molar-refractivity contribution in [3.05, 3.63) is 106 Å². The van der Waals surface area contributed by atoms with E-state index in [4.69, 9.17) is 27.9 Å². The summed E-state index contributed by atoms with van der Waals surface area (Å²) in [5.74, 6) is -0.0541. The average molecular weight is 591 g/mol. The quantitative estimate of drug-likeness (QED) is 0.224. The number of rotatable bonds is 6. The third-order valence-electron chi connectivity index (χ3n) is 6.38. The number of anilines is 1. The molecular formula is C29H24Cl2N6O4. The van der Waals surface area contributed by atoms with Gasteiger partial charge in [0, 0.05) is 28.0 Å². The van der Waals surface area contributed by atoms with E-state index in [-0.39, 0.29) is 12.6 Å². The highest BCUT2D eigenvalue weighted by molar-refractivity contribution is 6.31. The van der Waals surface area contributed by atoms with Crippen LogP contribution in [0.5, 0.6) is 0 Å². The second-order valence-corrected chi connectivity index (χ2v) is 9.92. The number of aliphatic hydroxyl groups is 1. The number of hydrogen-bond acceptors (Lipinski definition) is 7. The number of carbonyl (C=O) groups is 2. The molecule has 3 aromatic carbocycles. The van der Waals surface area contributed by atoms with Crippen molar-refractivity contribution in [1.29, 1.82) is 0 Å². The number of amides is 3. The molecule has 3 amide bonds. The number of ether oxygens (including phenoxy) is 1. The first kappa shape index (κ1) is 28.0. The highest BCUT2D eigenvalue weighted by atomic mass is 35.5. The Balaban J connectivity index is 1.68. The molecule has 0 spiro atoms. The molecule has 0 bridgehead atoms. The lowest BCUT2D eigenvalue weighted by atomic mass is 9.83. The van der Waals surface area contributed by atoms with Crippen LogP contribution in [0.2, 0.25) is 10.0 Å². The molecule has 0 saturated heterocycles. The molecule has 2 aromatic heterocycles. The second-order valence-electron chi connectivity index (χ2n) is 9.04. The Labute approximate surface area is 244 Å². The number of fused-ring (bicyclic) bond motifs is 1. The van der Waals surface area contributed by atoms with E-state index in [1.54, 1.807) is 91.7 Å². The molecule has 41 heavy (non-hydrogen) atoms. The van der Waals surface area contributed by atoms with Crippen molar-refractivity contribution in [2.24, 2.45) is 7.05 Å². The van der Waals surface area contributed by atoms with Gasteiger partial charge >= 0.3 is 12.1 Å². The molecule has 0 fully saturated rings. The Morgan fingerprint density at radius 2 is 1.76 bits per heavy atom. The molecule has 208 valence electrons. The van der Waals surface area contributed by atoms with Crippen LogP contribution in [0.15, 0.2) is 79.3 Å². The summed E-state index contributed by atoms with van der Waals surface area (Å²) in [6, 6.07) is 18.3. The van der Waals surface area contributed by atoms with Gasteiger partial charge < -0.3 is 14.4 Å². The molecule has 0 aliphatic rings. The van der Waals surface area contributed by atoms with E-state index in [0.717, 1.165) is 0 Å². The van der Waals surface area contributed by atoms with Crippen LogP contribution in [-0.4, -0.2) is 43.4 Å². The van der Waals surface area contributed by atoms with E-state index in [2.05, 4.69) is 25.6 Å². The van der Waals surface area contributed by atoms with Crippen LogP contribution in [0.3, 0.4) is 0 Å². The molecule has 3 N–H and O–H groups in total. The number of urea groups is 1. The van der Waals surface area contributed by atoms with Gasteiger partial charge in [-0.05, 0) is 54.4 Å². The summed E-state index contributed by atoms with van der Waals surface area (Å²) >= 11 is 12.5. The predicted octanol–water partition coefficient (Wildman–Crippen LogP) is 5.90. The number of imidazole rings is 1. The zero-order valence-electron chi connectivity index (χ0n) is 21.9. The highest BCUT2D eigenvalue weighted by Gasteiger charge is 2.37. The first-order valence-corrected chi connectivity index (χ1v) is 13.2. The van der Waals surface area contributed by atoms with E-state index in [1.807, 2.05) is 6.07 Å². The third kappa shape index (κ3) is 5.71. The molecule has 1 atom stereocenters. The van der Waals surface area contributed by atoms with Gasteiger partial charge in [0.1, 0.15) is 0 Å². The number of nitrogens with zero attached hydrogens (tertiary/aromatic N) is 4. The number of hydrogen-bond donors (Lipinski definition) is 3. The first-order valence-electron chi connectivity index (χ1n) is 12.5. The number of nitrogens with one attached hydrogen (secondary N) is 2. The van der Waals surface area contributed by atoms with Crippen molar-refractivity contribution >= 4 is 52.2 Å². The number of halogens is 2. The molecule has 0 saturated carbocycles. The summed E-state index contributed by atoms with van der Waals surface area (Å²) in [4.78, 5) is 37.4. The average Bonchev–Trinajstić information content (AvgIpc) is 3.38. The Kier molecular flexibility index (Phi) is 7.89. The molecule has 5 aromatic rings. The number of benzene rings is 3. The Morgan fingerprint density at radius 1 is 1.00 bits per heavy atom. The van der Waals surface area contributed by atoms with Crippen LogP contribution < -0.4 is 10.6 Å². The lowest BCUT2D eigenvalue weighted by molar-refractivity contribution is 0.117. The molecule has 5 rings (SSSR count). The van der Waals surface area contributed by atoms with Gasteiger partial charge in [0.15, 0.2) is 5.60 Å². The van der Waals surface area contributed by atoms with E-state index in [9.17, 15) is 14.7 Å². The smallest absolute Gasteiger partial charge is 0.415 e. The van der Waals surface area contributed by atoms with Gasteiger partial charge in [0.25, 0.3) is 0 Å². The van der Waals surface area contributed by atoms with E-state index >= 15 is 0 Å². The summed E-state index contributed by atoms with van der Waals surface area (Å²) in [6.45, 7) is 1.73. The maximum atomic E-state index is 12.4. The number of aryl methyl sites for hydroxylation is 1. The Morgan fingerprint density at radius 3 is 2.44 bits per heavy atom. The van der Waals surface area contributed by atoms with Crippen molar-refractivity contribution in [2.45, 2.75) is 12.5 Å². The highest BCUT2D eigenvalue weighted by Crippen LogP contribution is 2.39. The van der Waals surface area contributed by atoms with Gasteiger partial charge in [0.2, 0.25) is 5.95 Å². The normalized spacial score (nSPS) is 12.5. The molecule has 0 aliphatic carbocycles. The molecule has 1 unspecified atom stereocenters. The third-order valence-corrected chi connectivity index (χ3v) is 6.86. The fourth-order valence-electron chi connectivity index (χ4n) is 4.52. The largest absolute Gasteiger partial charge is 0.450 e.